The van der Waals surface area contributed by atoms with Crippen LogP contribution >= 0.6 is 24.4 Å². The second-order valence-corrected chi connectivity index (χ2v) is 5.44. The third kappa shape index (κ3) is 60.8. The van der Waals surface area contributed by atoms with Crippen molar-refractivity contribution in [2.45, 2.75) is 39.5 Å². The van der Waals surface area contributed by atoms with Crippen LogP contribution in [0.25, 0.3) is 0 Å². The summed E-state index contributed by atoms with van der Waals surface area (Å²) in [5.41, 5.74) is 4.40. The van der Waals surface area contributed by atoms with Gasteiger partial charge in [-0.1, -0.05) is 26.7 Å². The summed E-state index contributed by atoms with van der Waals surface area (Å²) in [5.74, 6) is 0. The Hall–Kier alpha value is 0.289. The molecule has 0 saturated carbocycles. The summed E-state index contributed by atoms with van der Waals surface area (Å²) in [6.45, 7) is 6.06. The molecule has 0 fully saturated rings. The molecule has 0 bridgehead atoms. The average Bonchev–Trinajstić information content (AvgIpc) is 2.25. The molecule has 0 aromatic rings. The van der Waals surface area contributed by atoms with Gasteiger partial charge < -0.3 is 20.8 Å². The monoisotopic (exact) mass is 483 g/mol. The second-order valence-electron chi connectivity index (χ2n) is 3.76. The van der Waals surface area contributed by atoms with Gasteiger partial charge >= 0.3 is 10.4 Å². The molecule has 0 unspecified atom stereocenters. The number of aliphatic hydroxyl groups is 2. The van der Waals surface area contributed by atoms with Crippen LogP contribution in [0.15, 0.2) is 0 Å². The first-order chi connectivity index (χ1) is 9.45. The quantitative estimate of drug-likeness (QED) is 0.215. The molecule has 0 aromatic heterocycles. The van der Waals surface area contributed by atoms with Crippen molar-refractivity contribution in [3.63, 3.8) is 0 Å². The van der Waals surface area contributed by atoms with Crippen molar-refractivity contribution in [1.29, 1.82) is 0 Å². The Morgan fingerprint density at radius 3 is 1.39 bits per heavy atom. The van der Waals surface area contributed by atoms with Gasteiger partial charge in [-0.2, -0.15) is 8.42 Å². The van der Waals surface area contributed by atoms with Crippen LogP contribution in [-0.4, -0.2) is 56.1 Å². The molecule has 0 atom stereocenters. The van der Waals surface area contributed by atoms with Crippen molar-refractivity contribution in [2.24, 2.45) is 5.73 Å². The van der Waals surface area contributed by atoms with Crippen LogP contribution in [0.3, 0.4) is 0 Å². The molecular weight excluding hydrogens is 460 g/mol. The Morgan fingerprint density at radius 2 is 1.26 bits per heavy atom. The zero-order chi connectivity index (χ0) is 17.5. The maximum Gasteiger partial charge on any atom is 0.394 e. The molecule has 0 rings (SSSR count). The fourth-order valence-corrected chi connectivity index (χ4v) is 1.18. The Kier molecular flexibility index (Phi) is 33.5. The number of nitrogens with zero attached hydrogens (tertiary/aromatic N) is 1. The first-order valence-corrected chi connectivity index (χ1v) is 8.33. The average molecular weight is 484 g/mol. The predicted octanol–water partition coefficient (Wildman–Crippen LogP) is 1.86. The minimum Gasteiger partial charge on any atom is -0.487 e. The maximum atomic E-state index is 9.12. The molecular formula is C10H24CuFeN2O6S3. The van der Waals surface area contributed by atoms with Crippen molar-refractivity contribution in [3.8, 4) is 0 Å². The van der Waals surface area contributed by atoms with Gasteiger partial charge in [0.2, 0.25) is 0 Å². The van der Waals surface area contributed by atoms with Gasteiger partial charge in [0.15, 0.2) is 0 Å². The van der Waals surface area contributed by atoms with Gasteiger partial charge in [0.1, 0.15) is 0 Å². The largest absolute Gasteiger partial charge is 0.487 e. The smallest absolute Gasteiger partial charge is 0.394 e. The van der Waals surface area contributed by atoms with Crippen LogP contribution in [0, 0.1) is 0 Å². The van der Waals surface area contributed by atoms with E-state index in [-0.39, 0.29) is 39.3 Å². The molecule has 147 valence electrons. The summed E-state index contributed by atoms with van der Waals surface area (Å²) in [5, 5.41) is 16.2. The summed E-state index contributed by atoms with van der Waals surface area (Å²) in [6.07, 6.45) is 4.49. The Labute approximate surface area is 169 Å². The van der Waals surface area contributed by atoms with Crippen LogP contribution in [-0.2, 0) is 44.5 Å². The SMILES string of the molecule is CCCCN(CCCC)C(O)=S.NC(O)=S.O=S(=O)(O)O.[Cu].[Fe]. The van der Waals surface area contributed by atoms with Crippen molar-refractivity contribution >= 4 is 45.2 Å². The standard InChI is InChI=1S/C9H19NOS.CH3NOS.Cu.Fe.H2O4S/c1-3-5-7-10(9(11)12)8-6-4-2;2-1(3)4;;;1-5(2,3)4/h3-8H2,1-2H3,(H,11,12);(H3,2,3,4);;;(H2,1,2,3,4). The van der Waals surface area contributed by atoms with E-state index >= 15 is 0 Å². The van der Waals surface area contributed by atoms with Crippen LogP contribution < -0.4 is 5.73 Å². The molecule has 0 aromatic carbocycles. The number of hydrogen-bond donors (Lipinski definition) is 5. The van der Waals surface area contributed by atoms with Crippen molar-refractivity contribution in [1.82, 2.24) is 4.90 Å². The number of hydrogen-bond acceptors (Lipinski definition) is 4. The fourth-order valence-electron chi connectivity index (χ4n) is 1.00. The van der Waals surface area contributed by atoms with E-state index in [2.05, 4.69) is 31.8 Å². The third-order valence-corrected chi connectivity index (χ3v) is 2.09. The summed E-state index contributed by atoms with van der Waals surface area (Å²) >= 11 is 8.60. The van der Waals surface area contributed by atoms with E-state index in [0.717, 1.165) is 38.8 Å². The Morgan fingerprint density at radius 1 is 1.04 bits per heavy atom. The van der Waals surface area contributed by atoms with E-state index in [9.17, 15) is 0 Å². The third-order valence-electron chi connectivity index (χ3n) is 1.83. The van der Waals surface area contributed by atoms with E-state index in [0.29, 0.717) is 0 Å². The normalized spacial score (nSPS) is 8.70. The van der Waals surface area contributed by atoms with Crippen LogP contribution in [0.1, 0.15) is 39.5 Å². The molecule has 0 aliphatic rings. The van der Waals surface area contributed by atoms with Crippen LogP contribution in [0.2, 0.25) is 0 Å². The predicted molar refractivity (Wildman–Crippen MR) is 90.2 cm³/mol. The zero-order valence-corrected chi connectivity index (χ0v) is 17.2. The molecule has 1 radical (unpaired) electrons. The number of thiocarbonyl (C=S) groups is 2. The molecule has 0 aliphatic heterocycles. The van der Waals surface area contributed by atoms with Crippen molar-refractivity contribution in [3.05, 3.63) is 0 Å². The number of nitrogens with two attached hydrogens (primary N) is 1. The zero-order valence-electron chi connectivity index (χ0n) is 12.8. The summed E-state index contributed by atoms with van der Waals surface area (Å²) in [6, 6.07) is 0. The van der Waals surface area contributed by atoms with Crippen molar-refractivity contribution < 1.29 is 61.9 Å². The summed E-state index contributed by atoms with van der Waals surface area (Å²) < 4.78 is 31.6. The maximum absolute atomic E-state index is 9.12. The molecule has 0 aliphatic carbocycles. The van der Waals surface area contributed by atoms with E-state index in [1.165, 1.54) is 0 Å². The molecule has 0 spiro atoms. The molecule has 23 heavy (non-hydrogen) atoms. The van der Waals surface area contributed by atoms with Crippen LogP contribution in [0.4, 0.5) is 0 Å². The second kappa shape index (κ2) is 22.3. The first-order valence-electron chi connectivity index (χ1n) is 6.11. The fraction of sp³-hybridized carbons (Fsp3) is 0.800. The van der Waals surface area contributed by atoms with Crippen LogP contribution in [0.5, 0.6) is 0 Å². The van der Waals surface area contributed by atoms with E-state index in [4.69, 9.17) is 40.0 Å². The van der Waals surface area contributed by atoms with Gasteiger partial charge in [-0.15, -0.1) is 0 Å². The first kappa shape index (κ1) is 34.6. The minimum atomic E-state index is -4.67. The van der Waals surface area contributed by atoms with Crippen molar-refractivity contribution in [2.75, 3.05) is 13.1 Å². The van der Waals surface area contributed by atoms with Gasteiger partial charge in [-0.3, -0.25) is 9.11 Å². The Balaban J connectivity index is -0.0000000828. The Bertz CT molecular complexity index is 367. The van der Waals surface area contributed by atoms with Gasteiger partial charge in [-0.05, 0) is 37.3 Å². The van der Waals surface area contributed by atoms with Gasteiger partial charge in [-0.25, -0.2) is 0 Å². The minimum absolute atomic E-state index is 0. The van der Waals surface area contributed by atoms with E-state index in [1.54, 1.807) is 0 Å². The molecule has 6 N–H and O–H groups in total. The number of aliphatic hydroxyl groups excluding tert-OH is 2. The molecule has 0 saturated heterocycles. The summed E-state index contributed by atoms with van der Waals surface area (Å²) in [4.78, 5) is 1.88. The molecule has 0 amide bonds. The van der Waals surface area contributed by atoms with E-state index in [1.807, 2.05) is 4.90 Å². The molecule has 13 heteroatoms. The summed E-state index contributed by atoms with van der Waals surface area (Å²) in [7, 11) is -4.67. The van der Waals surface area contributed by atoms with Gasteiger partial charge in [0.25, 0.3) is 10.3 Å². The molecule has 8 nitrogen and oxygen atoms in total. The van der Waals surface area contributed by atoms with E-state index < -0.39 is 15.6 Å². The number of rotatable bonds is 6. The molecule has 0 heterocycles. The topological polar surface area (TPSA) is 144 Å². The number of unbranched alkanes of at least 4 members (excludes halogenated alkanes) is 2. The van der Waals surface area contributed by atoms with Gasteiger partial charge in [0, 0.05) is 47.2 Å². The van der Waals surface area contributed by atoms with Gasteiger partial charge in [0.05, 0.1) is 0 Å².